The van der Waals surface area contributed by atoms with Gasteiger partial charge in [0.1, 0.15) is 6.04 Å². The van der Waals surface area contributed by atoms with E-state index >= 15 is 0 Å². The van der Waals surface area contributed by atoms with Crippen LogP contribution in [-0.2, 0) is 27.8 Å². The molecular formula is C22H24Cl2N4O3S. The molecule has 0 aliphatic carbocycles. The third kappa shape index (κ3) is 4.02. The van der Waals surface area contributed by atoms with Crippen LogP contribution in [0.15, 0.2) is 41.4 Å². The molecule has 1 atom stereocenters. The number of aromatic nitrogens is 1. The molecule has 7 nitrogen and oxygen atoms in total. The number of benzene rings is 2. The summed E-state index contributed by atoms with van der Waals surface area (Å²) in [6.07, 6.45) is 2.96. The van der Waals surface area contributed by atoms with E-state index < -0.39 is 16.1 Å². The summed E-state index contributed by atoms with van der Waals surface area (Å²) in [5.74, 6) is -0.218. The van der Waals surface area contributed by atoms with Gasteiger partial charge in [-0.15, -0.1) is 12.4 Å². The number of hydrogen-bond acceptors (Lipinski definition) is 4. The van der Waals surface area contributed by atoms with Gasteiger partial charge in [0.25, 0.3) is 0 Å². The lowest BCUT2D eigenvalue weighted by molar-refractivity contribution is -0.118. The highest BCUT2D eigenvalue weighted by Crippen LogP contribution is 2.31. The van der Waals surface area contributed by atoms with Gasteiger partial charge in [-0.1, -0.05) is 17.7 Å². The molecule has 3 N–H and O–H groups in total. The average Bonchev–Trinajstić information content (AvgIpc) is 3.30. The maximum absolute atomic E-state index is 13.1. The smallest absolute Gasteiger partial charge is 0.245 e. The molecule has 2 aromatic carbocycles. The fourth-order valence-electron chi connectivity index (χ4n) is 4.45. The van der Waals surface area contributed by atoms with Crippen LogP contribution in [-0.4, -0.2) is 38.4 Å². The molecule has 3 heterocycles. The Hall–Kier alpha value is -2.10. The minimum atomic E-state index is -3.86. The maximum atomic E-state index is 13.1. The summed E-state index contributed by atoms with van der Waals surface area (Å²) in [6, 6.07) is 8.12. The molecule has 1 amide bonds. The van der Waals surface area contributed by atoms with E-state index in [-0.39, 0.29) is 23.2 Å². The lowest BCUT2D eigenvalue weighted by Crippen LogP contribution is -2.41. The predicted molar refractivity (Wildman–Crippen MR) is 128 cm³/mol. The van der Waals surface area contributed by atoms with Crippen molar-refractivity contribution in [2.75, 3.05) is 18.0 Å². The van der Waals surface area contributed by atoms with E-state index in [0.29, 0.717) is 23.5 Å². The number of rotatable bonds is 4. The lowest BCUT2D eigenvalue weighted by atomic mass is 9.97. The first-order valence-corrected chi connectivity index (χ1v) is 12.1. The number of halogens is 2. The number of aromatic amines is 1. The van der Waals surface area contributed by atoms with Crippen LogP contribution in [0.1, 0.15) is 23.1 Å². The molecule has 2 aliphatic heterocycles. The monoisotopic (exact) mass is 494 g/mol. The second kappa shape index (κ2) is 8.68. The SMILES string of the molecule is Cc1cc2c(cc1N1CC[C@H](NS(=O)(=O)c3ccc4c(Cl)c[nH]c4c3)C1=O)CCNC2.Cl. The molecule has 3 aromatic rings. The normalized spacial score (nSPS) is 18.6. The fourth-order valence-corrected chi connectivity index (χ4v) is 5.92. The summed E-state index contributed by atoms with van der Waals surface area (Å²) < 4.78 is 28.5. The Morgan fingerprint density at radius 1 is 1.19 bits per heavy atom. The zero-order valence-electron chi connectivity index (χ0n) is 17.4. The molecule has 5 rings (SSSR count). The molecule has 0 unspecified atom stereocenters. The molecule has 10 heteroatoms. The zero-order chi connectivity index (χ0) is 21.8. The Kier molecular flexibility index (Phi) is 6.26. The Labute approximate surface area is 198 Å². The Balaban J connectivity index is 0.00000245. The van der Waals surface area contributed by atoms with Crippen molar-refractivity contribution in [2.24, 2.45) is 0 Å². The average molecular weight is 495 g/mol. The van der Waals surface area contributed by atoms with Gasteiger partial charge in [-0.25, -0.2) is 8.42 Å². The Morgan fingerprint density at radius 2 is 2.00 bits per heavy atom. The highest BCUT2D eigenvalue weighted by molar-refractivity contribution is 7.89. The molecule has 170 valence electrons. The number of H-pyrrole nitrogens is 1. The summed E-state index contributed by atoms with van der Waals surface area (Å²) in [5.41, 5.74) is 5.03. The maximum Gasteiger partial charge on any atom is 0.245 e. The van der Waals surface area contributed by atoms with E-state index in [1.54, 1.807) is 17.2 Å². The lowest BCUT2D eigenvalue weighted by Gasteiger charge is -2.24. The third-order valence-electron chi connectivity index (χ3n) is 6.11. The summed E-state index contributed by atoms with van der Waals surface area (Å²) in [4.78, 5) is 17.9. The van der Waals surface area contributed by atoms with Gasteiger partial charge in [-0.2, -0.15) is 4.72 Å². The van der Waals surface area contributed by atoms with Gasteiger partial charge in [-0.05, 0) is 67.3 Å². The van der Waals surface area contributed by atoms with Gasteiger partial charge in [0.2, 0.25) is 15.9 Å². The van der Waals surface area contributed by atoms with E-state index in [9.17, 15) is 13.2 Å². The molecule has 0 bridgehead atoms. The second-order valence-corrected chi connectivity index (χ2v) is 10.3. The molecule has 0 radical (unpaired) electrons. The van der Waals surface area contributed by atoms with Gasteiger partial charge in [0, 0.05) is 35.9 Å². The van der Waals surface area contributed by atoms with Gasteiger partial charge in [0.05, 0.1) is 9.92 Å². The van der Waals surface area contributed by atoms with Crippen molar-refractivity contribution in [1.29, 1.82) is 0 Å². The van der Waals surface area contributed by atoms with Gasteiger partial charge >= 0.3 is 0 Å². The van der Waals surface area contributed by atoms with E-state index in [0.717, 1.165) is 36.1 Å². The first-order valence-electron chi connectivity index (χ1n) is 10.3. The zero-order valence-corrected chi connectivity index (χ0v) is 19.8. The number of amides is 1. The number of carbonyl (C=O) groups is 1. The highest BCUT2D eigenvalue weighted by Gasteiger charge is 2.36. The number of fused-ring (bicyclic) bond motifs is 2. The van der Waals surface area contributed by atoms with E-state index in [1.807, 2.05) is 6.92 Å². The minimum absolute atomic E-state index is 0. The summed E-state index contributed by atoms with van der Waals surface area (Å²) in [6.45, 7) is 4.23. The quantitative estimate of drug-likeness (QED) is 0.518. The van der Waals surface area contributed by atoms with E-state index in [2.05, 4.69) is 27.2 Å². The standard InChI is InChI=1S/C22H23ClN4O3S.ClH/c1-13-8-15-11-24-6-4-14(15)9-21(13)27-7-5-19(22(27)28)26-31(29,30)16-2-3-17-18(23)12-25-20(17)10-16;/h2-3,8-10,12,19,24-26H,4-7,11H2,1H3;1H/t19-;/m0./s1. The number of sulfonamides is 1. The number of carbonyl (C=O) groups excluding carboxylic acids is 1. The summed E-state index contributed by atoms with van der Waals surface area (Å²) in [5, 5.41) is 4.64. The fraction of sp³-hybridized carbons (Fsp3) is 0.318. The number of anilines is 1. The van der Waals surface area contributed by atoms with Crippen molar-refractivity contribution >= 4 is 56.5 Å². The van der Waals surface area contributed by atoms with Gasteiger partial charge < -0.3 is 15.2 Å². The second-order valence-electron chi connectivity index (χ2n) is 8.13. The van der Waals surface area contributed by atoms with Crippen molar-refractivity contribution in [1.82, 2.24) is 15.0 Å². The van der Waals surface area contributed by atoms with E-state index in [1.165, 1.54) is 23.3 Å². The third-order valence-corrected chi connectivity index (χ3v) is 7.89. The van der Waals surface area contributed by atoms with E-state index in [4.69, 9.17) is 11.6 Å². The van der Waals surface area contributed by atoms with Gasteiger partial charge in [-0.3, -0.25) is 4.79 Å². The molecular weight excluding hydrogens is 471 g/mol. The van der Waals surface area contributed by atoms with Crippen LogP contribution in [0.2, 0.25) is 5.02 Å². The van der Waals surface area contributed by atoms with Crippen LogP contribution in [0, 0.1) is 6.92 Å². The number of aryl methyl sites for hydroxylation is 1. The number of hydrogen-bond donors (Lipinski definition) is 3. The Morgan fingerprint density at radius 3 is 2.81 bits per heavy atom. The van der Waals surface area contributed by atoms with Gasteiger partial charge in [0.15, 0.2) is 0 Å². The molecule has 2 aliphatic rings. The summed E-state index contributed by atoms with van der Waals surface area (Å²) >= 11 is 6.08. The topological polar surface area (TPSA) is 94.3 Å². The number of nitrogens with one attached hydrogen (secondary N) is 3. The van der Waals surface area contributed by atoms with Crippen molar-refractivity contribution < 1.29 is 13.2 Å². The molecule has 32 heavy (non-hydrogen) atoms. The van der Waals surface area contributed by atoms with Crippen molar-refractivity contribution in [3.63, 3.8) is 0 Å². The van der Waals surface area contributed by atoms with Crippen LogP contribution < -0.4 is 14.9 Å². The van der Waals surface area contributed by atoms with Crippen LogP contribution in [0.25, 0.3) is 10.9 Å². The van der Waals surface area contributed by atoms with Crippen LogP contribution >= 0.6 is 24.0 Å². The minimum Gasteiger partial charge on any atom is -0.360 e. The predicted octanol–water partition coefficient (Wildman–Crippen LogP) is 3.28. The van der Waals surface area contributed by atoms with Crippen LogP contribution in [0.3, 0.4) is 0 Å². The van der Waals surface area contributed by atoms with Crippen molar-refractivity contribution in [2.45, 2.75) is 37.2 Å². The first-order chi connectivity index (χ1) is 14.8. The van der Waals surface area contributed by atoms with Crippen molar-refractivity contribution in [3.05, 3.63) is 58.2 Å². The summed E-state index contributed by atoms with van der Waals surface area (Å²) in [7, 11) is -3.86. The number of nitrogens with zero attached hydrogens (tertiary/aromatic N) is 1. The molecule has 1 saturated heterocycles. The highest BCUT2D eigenvalue weighted by atomic mass is 35.5. The van der Waals surface area contributed by atoms with Crippen LogP contribution in [0.4, 0.5) is 5.69 Å². The van der Waals surface area contributed by atoms with Crippen LogP contribution in [0.5, 0.6) is 0 Å². The molecule has 0 spiro atoms. The molecule has 1 aromatic heterocycles. The largest absolute Gasteiger partial charge is 0.360 e. The Bertz CT molecular complexity index is 1310. The van der Waals surface area contributed by atoms with Crippen molar-refractivity contribution in [3.8, 4) is 0 Å². The molecule has 0 saturated carbocycles. The molecule has 1 fully saturated rings. The first kappa shape index (κ1) is 23.1.